The second-order valence-electron chi connectivity index (χ2n) is 4.58. The van der Waals surface area contributed by atoms with Crippen molar-refractivity contribution >= 4 is 11.7 Å². The van der Waals surface area contributed by atoms with E-state index in [1.165, 1.54) is 7.11 Å². The third-order valence-electron chi connectivity index (χ3n) is 3.27. The minimum atomic E-state index is -0.298. The van der Waals surface area contributed by atoms with Crippen LogP contribution in [0.2, 0.25) is 0 Å². The van der Waals surface area contributed by atoms with E-state index in [2.05, 4.69) is 5.32 Å². The summed E-state index contributed by atoms with van der Waals surface area (Å²) in [6.45, 7) is 3.26. The Kier molecular flexibility index (Phi) is 3.75. The van der Waals surface area contributed by atoms with Gasteiger partial charge in [-0.2, -0.15) is 0 Å². The molecule has 0 spiro atoms. The molecule has 0 atom stereocenters. The standard InChI is InChI=1S/C14H19NO3/c1-3-18-12-6-4-11(5-7-12)15-10-14(8-9-14)13(16)17-2/h4-7,15H,3,8-10H2,1-2H3. The van der Waals surface area contributed by atoms with Crippen LogP contribution in [0.1, 0.15) is 19.8 Å². The Morgan fingerprint density at radius 1 is 1.33 bits per heavy atom. The summed E-state index contributed by atoms with van der Waals surface area (Å²) in [5, 5.41) is 3.28. The lowest BCUT2D eigenvalue weighted by Gasteiger charge is -2.14. The molecule has 0 aliphatic heterocycles. The summed E-state index contributed by atoms with van der Waals surface area (Å²) < 4.78 is 10.2. The molecule has 1 aromatic carbocycles. The maximum Gasteiger partial charge on any atom is 0.313 e. The highest BCUT2D eigenvalue weighted by molar-refractivity contribution is 5.80. The Morgan fingerprint density at radius 3 is 2.50 bits per heavy atom. The fourth-order valence-electron chi connectivity index (χ4n) is 1.93. The minimum Gasteiger partial charge on any atom is -0.494 e. The number of rotatable bonds is 6. The van der Waals surface area contributed by atoms with Crippen molar-refractivity contribution in [3.8, 4) is 5.75 Å². The molecule has 0 aromatic heterocycles. The molecule has 4 nitrogen and oxygen atoms in total. The predicted octanol–water partition coefficient (Wildman–Crippen LogP) is 2.45. The number of benzene rings is 1. The first-order valence-corrected chi connectivity index (χ1v) is 6.25. The number of hydrogen-bond donors (Lipinski definition) is 1. The number of methoxy groups -OCH3 is 1. The zero-order chi connectivity index (χ0) is 13.0. The van der Waals surface area contributed by atoms with E-state index in [9.17, 15) is 4.79 Å². The molecular weight excluding hydrogens is 230 g/mol. The molecule has 0 bridgehead atoms. The molecule has 0 heterocycles. The molecule has 1 aliphatic carbocycles. The maximum absolute atomic E-state index is 11.6. The molecule has 2 rings (SSSR count). The highest BCUT2D eigenvalue weighted by atomic mass is 16.5. The summed E-state index contributed by atoms with van der Waals surface area (Å²) in [5.41, 5.74) is 0.696. The second kappa shape index (κ2) is 5.29. The smallest absolute Gasteiger partial charge is 0.313 e. The zero-order valence-electron chi connectivity index (χ0n) is 10.9. The molecule has 0 unspecified atom stereocenters. The number of esters is 1. The van der Waals surface area contributed by atoms with Crippen molar-refractivity contribution in [3.63, 3.8) is 0 Å². The Hall–Kier alpha value is -1.71. The van der Waals surface area contributed by atoms with Crippen LogP contribution in [0.25, 0.3) is 0 Å². The van der Waals surface area contributed by atoms with Crippen molar-refractivity contribution in [2.75, 3.05) is 25.6 Å². The largest absolute Gasteiger partial charge is 0.494 e. The van der Waals surface area contributed by atoms with E-state index in [0.717, 1.165) is 24.3 Å². The lowest BCUT2D eigenvalue weighted by Crippen LogP contribution is -2.25. The summed E-state index contributed by atoms with van der Waals surface area (Å²) in [6.07, 6.45) is 1.81. The highest BCUT2D eigenvalue weighted by Crippen LogP contribution is 2.46. The van der Waals surface area contributed by atoms with Crippen LogP contribution < -0.4 is 10.1 Å². The van der Waals surface area contributed by atoms with Gasteiger partial charge < -0.3 is 14.8 Å². The Balaban J connectivity index is 1.89. The summed E-state index contributed by atoms with van der Waals surface area (Å²) >= 11 is 0. The number of nitrogens with one attached hydrogen (secondary N) is 1. The van der Waals surface area contributed by atoms with Crippen LogP contribution in [-0.4, -0.2) is 26.2 Å². The second-order valence-corrected chi connectivity index (χ2v) is 4.58. The fourth-order valence-corrected chi connectivity index (χ4v) is 1.93. The van der Waals surface area contributed by atoms with Gasteiger partial charge in [0.25, 0.3) is 0 Å². The molecular formula is C14H19NO3. The van der Waals surface area contributed by atoms with Gasteiger partial charge >= 0.3 is 5.97 Å². The Bertz CT molecular complexity index is 410. The number of hydrogen-bond acceptors (Lipinski definition) is 4. The molecule has 1 saturated carbocycles. The van der Waals surface area contributed by atoms with E-state index in [1.54, 1.807) is 0 Å². The molecule has 98 valence electrons. The fraction of sp³-hybridized carbons (Fsp3) is 0.500. The van der Waals surface area contributed by atoms with Crippen LogP contribution in [0.4, 0.5) is 5.69 Å². The molecule has 0 amide bonds. The zero-order valence-corrected chi connectivity index (χ0v) is 10.9. The number of ether oxygens (including phenoxy) is 2. The average molecular weight is 249 g/mol. The van der Waals surface area contributed by atoms with Gasteiger partial charge in [0.1, 0.15) is 5.75 Å². The number of carbonyl (C=O) groups excluding carboxylic acids is 1. The summed E-state index contributed by atoms with van der Waals surface area (Å²) in [5.74, 6) is 0.748. The maximum atomic E-state index is 11.6. The number of carbonyl (C=O) groups is 1. The van der Waals surface area contributed by atoms with Gasteiger partial charge in [0.05, 0.1) is 19.1 Å². The van der Waals surface area contributed by atoms with Gasteiger partial charge in [0.2, 0.25) is 0 Å². The molecule has 0 saturated heterocycles. The van der Waals surface area contributed by atoms with E-state index in [1.807, 2.05) is 31.2 Å². The van der Waals surface area contributed by atoms with E-state index in [-0.39, 0.29) is 11.4 Å². The average Bonchev–Trinajstić information content (AvgIpc) is 3.19. The summed E-state index contributed by atoms with van der Waals surface area (Å²) in [6, 6.07) is 7.75. The van der Waals surface area contributed by atoms with Crippen LogP contribution in [0, 0.1) is 5.41 Å². The molecule has 4 heteroatoms. The number of anilines is 1. The van der Waals surface area contributed by atoms with Crippen molar-refractivity contribution in [1.29, 1.82) is 0 Å². The third-order valence-corrected chi connectivity index (χ3v) is 3.27. The van der Waals surface area contributed by atoms with Crippen molar-refractivity contribution in [2.24, 2.45) is 5.41 Å². The van der Waals surface area contributed by atoms with Gasteiger partial charge in [0.15, 0.2) is 0 Å². The quantitative estimate of drug-likeness (QED) is 0.787. The third kappa shape index (κ3) is 2.75. The molecule has 1 fully saturated rings. The van der Waals surface area contributed by atoms with Crippen LogP contribution in [0.3, 0.4) is 0 Å². The lowest BCUT2D eigenvalue weighted by molar-refractivity contribution is -0.146. The van der Waals surface area contributed by atoms with Gasteiger partial charge in [-0.1, -0.05) is 0 Å². The van der Waals surface area contributed by atoms with Crippen molar-refractivity contribution in [3.05, 3.63) is 24.3 Å². The Labute approximate surface area is 107 Å². The normalized spacial score (nSPS) is 15.9. The van der Waals surface area contributed by atoms with Crippen LogP contribution >= 0.6 is 0 Å². The van der Waals surface area contributed by atoms with E-state index in [0.29, 0.717) is 13.2 Å². The topological polar surface area (TPSA) is 47.6 Å². The lowest BCUT2D eigenvalue weighted by atomic mass is 10.1. The first kappa shape index (κ1) is 12.7. The molecule has 1 N–H and O–H groups in total. The van der Waals surface area contributed by atoms with E-state index >= 15 is 0 Å². The van der Waals surface area contributed by atoms with Gasteiger partial charge in [-0.05, 0) is 44.0 Å². The van der Waals surface area contributed by atoms with Gasteiger partial charge in [-0.3, -0.25) is 4.79 Å². The first-order chi connectivity index (χ1) is 8.70. The van der Waals surface area contributed by atoms with Crippen LogP contribution in [0.5, 0.6) is 5.75 Å². The molecule has 1 aromatic rings. The SMILES string of the molecule is CCOc1ccc(NCC2(C(=O)OC)CC2)cc1. The monoisotopic (exact) mass is 249 g/mol. The highest BCUT2D eigenvalue weighted by Gasteiger charge is 2.50. The predicted molar refractivity (Wildman–Crippen MR) is 69.8 cm³/mol. The van der Waals surface area contributed by atoms with Crippen molar-refractivity contribution in [1.82, 2.24) is 0 Å². The summed E-state index contributed by atoms with van der Waals surface area (Å²) in [7, 11) is 1.44. The van der Waals surface area contributed by atoms with Gasteiger partial charge in [-0.25, -0.2) is 0 Å². The van der Waals surface area contributed by atoms with Gasteiger partial charge in [0, 0.05) is 12.2 Å². The van der Waals surface area contributed by atoms with E-state index in [4.69, 9.17) is 9.47 Å². The van der Waals surface area contributed by atoms with Crippen molar-refractivity contribution < 1.29 is 14.3 Å². The van der Waals surface area contributed by atoms with Gasteiger partial charge in [-0.15, -0.1) is 0 Å². The Morgan fingerprint density at radius 2 is 2.00 bits per heavy atom. The first-order valence-electron chi connectivity index (χ1n) is 6.25. The minimum absolute atomic E-state index is 0.110. The van der Waals surface area contributed by atoms with Crippen molar-refractivity contribution in [2.45, 2.75) is 19.8 Å². The molecule has 1 aliphatic rings. The molecule has 18 heavy (non-hydrogen) atoms. The molecule has 0 radical (unpaired) electrons. The van der Waals surface area contributed by atoms with Crippen LogP contribution in [-0.2, 0) is 9.53 Å². The van der Waals surface area contributed by atoms with E-state index < -0.39 is 0 Å². The summed E-state index contributed by atoms with van der Waals surface area (Å²) in [4.78, 5) is 11.6. The van der Waals surface area contributed by atoms with Crippen LogP contribution in [0.15, 0.2) is 24.3 Å².